The molecule has 0 amide bonds. The average molecular weight is 575 g/mol. The summed E-state index contributed by atoms with van der Waals surface area (Å²) in [5, 5.41) is 0. The van der Waals surface area contributed by atoms with E-state index in [0.29, 0.717) is 11.8 Å². The van der Waals surface area contributed by atoms with E-state index in [0.717, 1.165) is 94.8 Å². The summed E-state index contributed by atoms with van der Waals surface area (Å²) < 4.78 is 23.8. The zero-order chi connectivity index (χ0) is 29.8. The van der Waals surface area contributed by atoms with Crippen molar-refractivity contribution in [2.45, 2.75) is 58.8 Å². The molecule has 0 unspecified atom stereocenters. The maximum absolute atomic E-state index is 6.12. The Hall–Kier alpha value is -4.58. The number of rotatable bonds is 12. The second kappa shape index (κ2) is 12.3. The lowest BCUT2D eigenvalue weighted by atomic mass is 9.78. The summed E-state index contributed by atoms with van der Waals surface area (Å²) in [4.78, 5) is 9.65. The monoisotopic (exact) mass is 574 g/mol. The standard InChI is InChI=1S/C37H38N2O4/c1-5-7-21-40-29-15-9-25(10-16-29)35-38-31-23-27(13-19-33(31)42-35)37(3,4)28-14-20-34-32(24-28)39-36(43-34)26-11-17-30(18-12-26)41-22-8-6-2/h9-20,23-24H,5-8,21-22H2,1-4H3. The normalized spacial score (nSPS) is 11.8. The smallest absolute Gasteiger partial charge is 0.227 e. The summed E-state index contributed by atoms with van der Waals surface area (Å²) in [6, 6.07) is 28.3. The van der Waals surface area contributed by atoms with Crippen molar-refractivity contribution < 1.29 is 18.3 Å². The molecule has 0 spiro atoms. The molecule has 6 aromatic rings. The second-order valence-corrected chi connectivity index (χ2v) is 11.5. The van der Waals surface area contributed by atoms with Gasteiger partial charge in [-0.2, -0.15) is 0 Å². The van der Waals surface area contributed by atoms with Crippen LogP contribution in [0.5, 0.6) is 11.5 Å². The van der Waals surface area contributed by atoms with Crippen molar-refractivity contribution in [3.8, 4) is 34.4 Å². The van der Waals surface area contributed by atoms with Gasteiger partial charge in [0.2, 0.25) is 11.8 Å². The molecule has 220 valence electrons. The maximum atomic E-state index is 6.12. The Bertz CT molecular complexity index is 1680. The van der Waals surface area contributed by atoms with Gasteiger partial charge in [0.05, 0.1) is 13.2 Å². The van der Waals surface area contributed by atoms with Crippen molar-refractivity contribution in [1.82, 2.24) is 9.97 Å². The third kappa shape index (κ3) is 6.14. The Labute approximate surface area is 252 Å². The van der Waals surface area contributed by atoms with Crippen LogP contribution in [-0.4, -0.2) is 23.2 Å². The van der Waals surface area contributed by atoms with Gasteiger partial charge >= 0.3 is 0 Å². The van der Waals surface area contributed by atoms with Gasteiger partial charge in [0.1, 0.15) is 22.5 Å². The lowest BCUT2D eigenvalue weighted by Crippen LogP contribution is -2.18. The minimum Gasteiger partial charge on any atom is -0.494 e. The number of ether oxygens (including phenoxy) is 2. The first-order valence-corrected chi connectivity index (χ1v) is 15.2. The van der Waals surface area contributed by atoms with Crippen LogP contribution in [0.25, 0.3) is 45.1 Å². The van der Waals surface area contributed by atoms with E-state index in [4.69, 9.17) is 28.3 Å². The highest BCUT2D eigenvalue weighted by Crippen LogP contribution is 2.36. The van der Waals surface area contributed by atoms with Gasteiger partial charge in [-0.25, -0.2) is 9.97 Å². The first-order chi connectivity index (χ1) is 20.9. The van der Waals surface area contributed by atoms with Crippen molar-refractivity contribution in [3.63, 3.8) is 0 Å². The molecule has 6 nitrogen and oxygen atoms in total. The number of unbranched alkanes of at least 4 members (excludes halogenated alkanes) is 2. The minimum absolute atomic E-state index is 0.296. The highest BCUT2D eigenvalue weighted by molar-refractivity contribution is 5.79. The molecule has 43 heavy (non-hydrogen) atoms. The van der Waals surface area contributed by atoms with Crippen LogP contribution in [0.1, 0.15) is 64.5 Å². The summed E-state index contributed by atoms with van der Waals surface area (Å²) >= 11 is 0. The number of oxazole rings is 2. The van der Waals surface area contributed by atoms with Gasteiger partial charge in [0.25, 0.3) is 0 Å². The summed E-state index contributed by atoms with van der Waals surface area (Å²) in [5.74, 6) is 2.92. The van der Waals surface area contributed by atoms with Gasteiger partial charge in [-0.1, -0.05) is 52.7 Å². The Morgan fingerprint density at radius 3 is 1.40 bits per heavy atom. The molecule has 0 aliphatic heterocycles. The zero-order valence-electron chi connectivity index (χ0n) is 25.4. The molecule has 6 rings (SSSR count). The molecule has 0 aliphatic carbocycles. The van der Waals surface area contributed by atoms with Crippen LogP contribution in [0.4, 0.5) is 0 Å². The lowest BCUT2D eigenvalue weighted by molar-refractivity contribution is 0.309. The predicted octanol–water partition coefficient (Wildman–Crippen LogP) is 9.99. The van der Waals surface area contributed by atoms with Crippen molar-refractivity contribution in [2.75, 3.05) is 13.2 Å². The third-order valence-corrected chi connectivity index (χ3v) is 7.95. The van der Waals surface area contributed by atoms with Crippen LogP contribution in [0.2, 0.25) is 0 Å². The molecule has 6 heteroatoms. The Morgan fingerprint density at radius 2 is 1.00 bits per heavy atom. The zero-order valence-corrected chi connectivity index (χ0v) is 25.4. The molecule has 0 saturated carbocycles. The molecular formula is C37H38N2O4. The van der Waals surface area contributed by atoms with Gasteiger partial charge in [0, 0.05) is 16.5 Å². The molecule has 2 aromatic heterocycles. The first kappa shape index (κ1) is 28.5. The predicted molar refractivity (Wildman–Crippen MR) is 172 cm³/mol. The molecule has 0 atom stereocenters. The second-order valence-electron chi connectivity index (χ2n) is 11.5. The number of fused-ring (bicyclic) bond motifs is 2. The fraction of sp³-hybridized carbons (Fsp3) is 0.297. The van der Waals surface area contributed by atoms with Gasteiger partial charge in [-0.05, 0) is 96.8 Å². The van der Waals surface area contributed by atoms with Crippen molar-refractivity contribution in [2.24, 2.45) is 0 Å². The fourth-order valence-electron chi connectivity index (χ4n) is 5.10. The van der Waals surface area contributed by atoms with Crippen LogP contribution < -0.4 is 9.47 Å². The van der Waals surface area contributed by atoms with E-state index in [1.807, 2.05) is 60.7 Å². The van der Waals surface area contributed by atoms with Crippen LogP contribution in [0.3, 0.4) is 0 Å². The Morgan fingerprint density at radius 1 is 0.581 bits per heavy atom. The van der Waals surface area contributed by atoms with E-state index >= 15 is 0 Å². The largest absolute Gasteiger partial charge is 0.494 e. The molecule has 4 aromatic carbocycles. The first-order valence-electron chi connectivity index (χ1n) is 15.2. The number of hydrogen-bond acceptors (Lipinski definition) is 6. The molecule has 0 aliphatic rings. The molecule has 0 saturated heterocycles. The molecular weight excluding hydrogens is 536 g/mol. The Balaban J connectivity index is 1.22. The van der Waals surface area contributed by atoms with Gasteiger partial charge < -0.3 is 18.3 Å². The number of benzene rings is 4. The molecule has 2 heterocycles. The quantitative estimate of drug-likeness (QED) is 0.135. The van der Waals surface area contributed by atoms with E-state index in [9.17, 15) is 0 Å². The van der Waals surface area contributed by atoms with Crippen molar-refractivity contribution in [1.29, 1.82) is 0 Å². The lowest BCUT2D eigenvalue weighted by Gasteiger charge is -2.26. The van der Waals surface area contributed by atoms with Crippen LogP contribution in [0.15, 0.2) is 93.8 Å². The molecule has 0 fully saturated rings. The van der Waals surface area contributed by atoms with E-state index in [-0.39, 0.29) is 5.41 Å². The molecule has 0 radical (unpaired) electrons. The van der Waals surface area contributed by atoms with Gasteiger partial charge in [-0.3, -0.25) is 0 Å². The van der Waals surface area contributed by atoms with Crippen LogP contribution in [0, 0.1) is 0 Å². The van der Waals surface area contributed by atoms with Crippen LogP contribution >= 0.6 is 0 Å². The van der Waals surface area contributed by atoms with Crippen LogP contribution in [-0.2, 0) is 5.41 Å². The average Bonchev–Trinajstić information content (AvgIpc) is 3.66. The maximum Gasteiger partial charge on any atom is 0.227 e. The highest BCUT2D eigenvalue weighted by atomic mass is 16.5. The van der Waals surface area contributed by atoms with Gasteiger partial charge in [0.15, 0.2) is 11.2 Å². The summed E-state index contributed by atoms with van der Waals surface area (Å²) in [7, 11) is 0. The van der Waals surface area contributed by atoms with E-state index < -0.39 is 0 Å². The molecule has 0 bridgehead atoms. The SMILES string of the molecule is CCCCOc1ccc(-c2nc3cc(C(C)(C)c4ccc5oc(-c6ccc(OCCCC)cc6)nc5c4)ccc3o2)cc1. The number of hydrogen-bond donors (Lipinski definition) is 0. The fourth-order valence-corrected chi connectivity index (χ4v) is 5.10. The Kier molecular flexibility index (Phi) is 8.19. The van der Waals surface area contributed by atoms with E-state index in [1.165, 1.54) is 0 Å². The van der Waals surface area contributed by atoms with E-state index in [2.05, 4.69) is 52.0 Å². The molecule has 0 N–H and O–H groups in total. The number of nitrogens with zero attached hydrogens (tertiary/aromatic N) is 2. The van der Waals surface area contributed by atoms with Gasteiger partial charge in [-0.15, -0.1) is 0 Å². The minimum atomic E-state index is -0.296. The summed E-state index contributed by atoms with van der Waals surface area (Å²) in [6.45, 7) is 10.2. The summed E-state index contributed by atoms with van der Waals surface area (Å²) in [6.07, 6.45) is 4.31. The topological polar surface area (TPSA) is 70.5 Å². The van der Waals surface area contributed by atoms with Crippen molar-refractivity contribution >= 4 is 22.2 Å². The third-order valence-electron chi connectivity index (χ3n) is 7.95. The number of aromatic nitrogens is 2. The van der Waals surface area contributed by atoms with E-state index in [1.54, 1.807) is 0 Å². The summed E-state index contributed by atoms with van der Waals surface area (Å²) in [5.41, 5.74) is 7.01. The highest BCUT2D eigenvalue weighted by Gasteiger charge is 2.25. The van der Waals surface area contributed by atoms with Crippen molar-refractivity contribution in [3.05, 3.63) is 96.1 Å².